The summed E-state index contributed by atoms with van der Waals surface area (Å²) in [6.45, 7) is 3.56. The Morgan fingerprint density at radius 3 is 2.87 bits per heavy atom. The Morgan fingerprint density at radius 1 is 1.39 bits per heavy atom. The van der Waals surface area contributed by atoms with Gasteiger partial charge in [0.05, 0.1) is 29.5 Å². The third-order valence-corrected chi connectivity index (χ3v) is 4.32. The molecule has 8 heteroatoms. The fourth-order valence-corrected chi connectivity index (χ4v) is 2.90. The van der Waals surface area contributed by atoms with E-state index in [1.54, 1.807) is 29.3 Å². The van der Waals surface area contributed by atoms with Crippen LogP contribution in [0.25, 0.3) is 0 Å². The van der Waals surface area contributed by atoms with Gasteiger partial charge >= 0.3 is 0 Å². The van der Waals surface area contributed by atoms with E-state index in [4.69, 9.17) is 11.6 Å². The van der Waals surface area contributed by atoms with Crippen molar-refractivity contribution in [2.45, 2.75) is 31.8 Å². The van der Waals surface area contributed by atoms with Gasteiger partial charge in [-0.1, -0.05) is 11.6 Å². The van der Waals surface area contributed by atoms with Crippen molar-refractivity contribution in [1.29, 1.82) is 0 Å². The zero-order chi connectivity index (χ0) is 16.2. The fraction of sp³-hybridized carbons (Fsp3) is 0.467. The molecule has 0 radical (unpaired) electrons. The second-order valence-corrected chi connectivity index (χ2v) is 6.10. The molecule has 1 unspecified atom stereocenters. The molecule has 3 rings (SSSR count). The highest BCUT2D eigenvalue weighted by Gasteiger charge is 2.29. The summed E-state index contributed by atoms with van der Waals surface area (Å²) >= 11 is 5.80. The van der Waals surface area contributed by atoms with Crippen molar-refractivity contribution in [1.82, 2.24) is 24.9 Å². The zero-order valence-electron chi connectivity index (χ0n) is 12.9. The lowest BCUT2D eigenvalue weighted by Gasteiger charge is -2.35. The van der Waals surface area contributed by atoms with Crippen molar-refractivity contribution in [2.75, 3.05) is 18.4 Å². The van der Waals surface area contributed by atoms with Crippen LogP contribution in [0.5, 0.6) is 0 Å². The van der Waals surface area contributed by atoms with E-state index in [2.05, 4.69) is 25.4 Å². The first-order valence-corrected chi connectivity index (χ1v) is 8.03. The summed E-state index contributed by atoms with van der Waals surface area (Å²) in [7, 11) is 0. The Balaban J connectivity index is 1.61. The molecule has 1 N–H and O–H groups in total. The zero-order valence-corrected chi connectivity index (χ0v) is 13.6. The van der Waals surface area contributed by atoms with E-state index in [9.17, 15) is 4.79 Å². The van der Waals surface area contributed by atoms with E-state index in [-0.39, 0.29) is 18.0 Å². The highest BCUT2D eigenvalue weighted by atomic mass is 35.5. The summed E-state index contributed by atoms with van der Waals surface area (Å²) < 4.78 is 0. The van der Waals surface area contributed by atoms with Crippen molar-refractivity contribution in [3.05, 3.63) is 35.7 Å². The number of pyridine rings is 1. The maximum Gasteiger partial charge on any atom is 0.242 e. The number of amides is 1. The minimum atomic E-state index is -0.245. The topological polar surface area (TPSA) is 75.9 Å². The lowest BCUT2D eigenvalue weighted by molar-refractivity contribution is -0.121. The molecule has 0 spiro atoms. The molecule has 122 valence electrons. The van der Waals surface area contributed by atoms with Gasteiger partial charge in [-0.2, -0.15) is 15.0 Å². The van der Waals surface area contributed by atoms with Crippen molar-refractivity contribution < 1.29 is 4.79 Å². The van der Waals surface area contributed by atoms with E-state index in [1.807, 2.05) is 6.92 Å². The number of likely N-dealkylation sites (tertiary alicyclic amines) is 1. The Morgan fingerprint density at radius 2 is 2.17 bits per heavy atom. The highest BCUT2D eigenvalue weighted by Crippen LogP contribution is 2.22. The van der Waals surface area contributed by atoms with Crippen molar-refractivity contribution in [3.8, 4) is 0 Å². The molecule has 1 aliphatic heterocycles. The van der Waals surface area contributed by atoms with Gasteiger partial charge in [0.15, 0.2) is 0 Å². The van der Waals surface area contributed by atoms with E-state index < -0.39 is 0 Å². The number of halogens is 1. The van der Waals surface area contributed by atoms with E-state index in [0.717, 1.165) is 25.9 Å². The SMILES string of the molecule is C[C@@H](C(=O)Nc1ccc(Cl)cn1)N1CCCC(n2nccn2)C1. The largest absolute Gasteiger partial charge is 0.309 e. The Bertz CT molecular complexity index is 644. The number of nitrogens with one attached hydrogen (secondary N) is 1. The number of anilines is 1. The van der Waals surface area contributed by atoms with E-state index in [1.165, 1.54) is 6.20 Å². The Labute approximate surface area is 139 Å². The predicted molar refractivity (Wildman–Crippen MR) is 87.2 cm³/mol. The second-order valence-electron chi connectivity index (χ2n) is 5.67. The molecular formula is C15H19ClN6O. The van der Waals surface area contributed by atoms with E-state index >= 15 is 0 Å². The maximum absolute atomic E-state index is 12.4. The molecule has 2 aromatic heterocycles. The molecule has 0 aromatic carbocycles. The van der Waals surface area contributed by atoms with E-state index in [0.29, 0.717) is 10.8 Å². The number of nitrogens with zero attached hydrogens (tertiary/aromatic N) is 5. The lowest BCUT2D eigenvalue weighted by atomic mass is 10.0. The average Bonchev–Trinajstić information content (AvgIpc) is 3.11. The summed E-state index contributed by atoms with van der Waals surface area (Å²) in [6, 6.07) is 3.36. The molecule has 1 saturated heterocycles. The number of carbonyl (C=O) groups is 1. The van der Waals surface area contributed by atoms with Crippen molar-refractivity contribution in [2.24, 2.45) is 0 Å². The number of hydrogen-bond donors (Lipinski definition) is 1. The first kappa shape index (κ1) is 15.9. The van der Waals surface area contributed by atoms with Gasteiger partial charge in [0.1, 0.15) is 5.82 Å². The first-order valence-electron chi connectivity index (χ1n) is 7.66. The number of hydrogen-bond acceptors (Lipinski definition) is 5. The summed E-state index contributed by atoms with van der Waals surface area (Å²) in [6.07, 6.45) is 6.92. The van der Waals surface area contributed by atoms with Gasteiger partial charge in [-0.25, -0.2) is 4.98 Å². The van der Waals surface area contributed by atoms with Gasteiger partial charge in [-0.3, -0.25) is 9.69 Å². The third-order valence-electron chi connectivity index (χ3n) is 4.10. The van der Waals surface area contributed by atoms with Crippen LogP contribution in [-0.4, -0.2) is 49.9 Å². The van der Waals surface area contributed by atoms with Gasteiger partial charge < -0.3 is 5.32 Å². The van der Waals surface area contributed by atoms with Gasteiger partial charge in [0.2, 0.25) is 5.91 Å². The highest BCUT2D eigenvalue weighted by molar-refractivity contribution is 6.30. The van der Waals surface area contributed by atoms with Crippen molar-refractivity contribution >= 4 is 23.3 Å². The number of aromatic nitrogens is 4. The quantitative estimate of drug-likeness (QED) is 0.925. The van der Waals surface area contributed by atoms with Crippen LogP contribution in [0.4, 0.5) is 5.82 Å². The summed E-state index contributed by atoms with van der Waals surface area (Å²) in [5.41, 5.74) is 0. The fourth-order valence-electron chi connectivity index (χ4n) is 2.78. The van der Waals surface area contributed by atoms with Crippen LogP contribution in [-0.2, 0) is 4.79 Å². The van der Waals surface area contributed by atoms with Gasteiger partial charge in [-0.15, -0.1) is 0 Å². The van der Waals surface area contributed by atoms with Gasteiger partial charge in [-0.05, 0) is 38.4 Å². The van der Waals surface area contributed by atoms with Crippen LogP contribution >= 0.6 is 11.6 Å². The first-order chi connectivity index (χ1) is 11.1. The molecule has 23 heavy (non-hydrogen) atoms. The third kappa shape index (κ3) is 3.86. The Kier molecular flexibility index (Phi) is 4.88. The molecule has 0 saturated carbocycles. The number of piperidine rings is 1. The molecule has 1 amide bonds. The van der Waals surface area contributed by atoms with Crippen LogP contribution in [0.15, 0.2) is 30.7 Å². The summed E-state index contributed by atoms with van der Waals surface area (Å²) in [5.74, 6) is 0.433. The molecule has 0 aliphatic carbocycles. The molecular weight excluding hydrogens is 316 g/mol. The maximum atomic E-state index is 12.4. The van der Waals surface area contributed by atoms with Crippen LogP contribution in [0.3, 0.4) is 0 Å². The predicted octanol–water partition coefficient (Wildman–Crippen LogP) is 1.99. The normalized spacial score (nSPS) is 20.2. The van der Waals surface area contributed by atoms with Gasteiger partial charge in [0.25, 0.3) is 0 Å². The van der Waals surface area contributed by atoms with Gasteiger partial charge in [0, 0.05) is 12.7 Å². The molecule has 1 aliphatic rings. The molecule has 3 heterocycles. The summed E-state index contributed by atoms with van der Waals surface area (Å²) in [5, 5.41) is 11.8. The minimum absolute atomic E-state index is 0.0751. The number of rotatable bonds is 4. The lowest BCUT2D eigenvalue weighted by Crippen LogP contribution is -2.47. The average molecular weight is 335 g/mol. The minimum Gasteiger partial charge on any atom is -0.309 e. The number of carbonyl (C=O) groups excluding carboxylic acids is 1. The monoisotopic (exact) mass is 334 g/mol. The smallest absolute Gasteiger partial charge is 0.242 e. The molecule has 0 bridgehead atoms. The van der Waals surface area contributed by atoms with Crippen LogP contribution in [0.2, 0.25) is 5.02 Å². The molecule has 2 aromatic rings. The van der Waals surface area contributed by atoms with Crippen LogP contribution < -0.4 is 5.32 Å². The van der Waals surface area contributed by atoms with Crippen LogP contribution in [0, 0.1) is 0 Å². The summed E-state index contributed by atoms with van der Waals surface area (Å²) in [4.78, 5) is 20.4. The molecule has 7 nitrogen and oxygen atoms in total. The molecule has 2 atom stereocenters. The molecule has 1 fully saturated rings. The Hall–Kier alpha value is -1.99. The van der Waals surface area contributed by atoms with Crippen molar-refractivity contribution in [3.63, 3.8) is 0 Å². The standard InChI is InChI=1S/C15H19ClN6O/c1-11(15(23)20-14-5-4-12(16)9-17-14)21-8-2-3-13(10-21)22-18-6-7-19-22/h4-7,9,11,13H,2-3,8,10H2,1H3,(H,17,20,23)/t11-,13?/m0/s1. The van der Waals surface area contributed by atoms with Crippen LogP contribution in [0.1, 0.15) is 25.8 Å². The second kappa shape index (κ2) is 7.06.